The molecule has 0 spiro atoms. The number of ether oxygens (including phenoxy) is 1. The molecule has 2 N–H and O–H groups in total. The summed E-state index contributed by atoms with van der Waals surface area (Å²) >= 11 is 6.04. The van der Waals surface area contributed by atoms with Gasteiger partial charge in [0.1, 0.15) is 17.1 Å². The van der Waals surface area contributed by atoms with E-state index in [1.54, 1.807) is 36.4 Å². The molecule has 124 valence electrons. The van der Waals surface area contributed by atoms with Crippen LogP contribution in [0.4, 0.5) is 5.69 Å². The number of hydrogen-bond acceptors (Lipinski definition) is 4. The van der Waals surface area contributed by atoms with Gasteiger partial charge in [-0.25, -0.2) is 4.98 Å². The first kappa shape index (κ1) is 16.3. The fourth-order valence-corrected chi connectivity index (χ4v) is 2.37. The Kier molecular flexibility index (Phi) is 4.66. The Morgan fingerprint density at radius 1 is 1.17 bits per heavy atom. The highest BCUT2D eigenvalue weighted by atomic mass is 35.5. The summed E-state index contributed by atoms with van der Waals surface area (Å²) in [5.74, 6) is -0.163. The second kappa shape index (κ2) is 6.88. The van der Waals surface area contributed by atoms with E-state index in [1.165, 1.54) is 7.11 Å². The smallest absolute Gasteiger partial charge is 0.274 e. The van der Waals surface area contributed by atoms with Crippen molar-refractivity contribution in [3.8, 4) is 5.75 Å². The second-order valence-electron chi connectivity index (χ2n) is 5.46. The van der Waals surface area contributed by atoms with Crippen molar-refractivity contribution >= 4 is 29.1 Å². The lowest BCUT2D eigenvalue weighted by Gasteiger charge is -2.08. The number of nitrogens with one attached hydrogen (secondary N) is 2. The number of amides is 2. The van der Waals surface area contributed by atoms with Crippen LogP contribution < -0.4 is 15.4 Å². The van der Waals surface area contributed by atoms with Crippen molar-refractivity contribution in [3.63, 3.8) is 0 Å². The molecule has 0 bridgehead atoms. The molecule has 3 rings (SSSR count). The zero-order valence-electron chi connectivity index (χ0n) is 13.0. The fourth-order valence-electron chi connectivity index (χ4n) is 2.11. The molecule has 2 amide bonds. The minimum atomic E-state index is -0.419. The number of hydrogen-bond donors (Lipinski definition) is 2. The predicted octanol–water partition coefficient (Wildman–Crippen LogP) is 2.89. The third-order valence-corrected chi connectivity index (χ3v) is 3.83. The molecule has 0 saturated heterocycles. The Bertz CT molecular complexity index is 790. The van der Waals surface area contributed by atoms with E-state index in [9.17, 15) is 9.59 Å². The maximum Gasteiger partial charge on any atom is 0.274 e. The van der Waals surface area contributed by atoms with Gasteiger partial charge in [0, 0.05) is 11.7 Å². The van der Waals surface area contributed by atoms with Gasteiger partial charge in [-0.05, 0) is 43.2 Å². The highest BCUT2D eigenvalue weighted by Crippen LogP contribution is 2.27. The standard InChI is InChI=1S/C17H16ClN3O3/c1-24-15-8-7-11(9-12(15)18)20-17(23)14-4-2-3-13(21-14)16(22)19-10-5-6-10/h2-4,7-10H,5-6H2,1H3,(H,19,22)(H,20,23). The van der Waals surface area contributed by atoms with Crippen LogP contribution >= 0.6 is 11.6 Å². The Morgan fingerprint density at radius 2 is 1.88 bits per heavy atom. The first-order valence-corrected chi connectivity index (χ1v) is 7.87. The summed E-state index contributed by atoms with van der Waals surface area (Å²) in [6.45, 7) is 0. The molecule has 0 aliphatic heterocycles. The Morgan fingerprint density at radius 3 is 2.50 bits per heavy atom. The summed E-state index contributed by atoms with van der Waals surface area (Å²) in [6.07, 6.45) is 1.98. The molecule has 7 heteroatoms. The molecular formula is C17H16ClN3O3. The molecule has 1 fully saturated rings. The highest BCUT2D eigenvalue weighted by Gasteiger charge is 2.24. The van der Waals surface area contributed by atoms with Crippen LogP contribution in [-0.2, 0) is 0 Å². The maximum absolute atomic E-state index is 12.3. The molecule has 1 aromatic carbocycles. The number of nitrogens with zero attached hydrogens (tertiary/aromatic N) is 1. The minimum absolute atomic E-state index is 0.158. The Labute approximate surface area is 144 Å². The van der Waals surface area contributed by atoms with Crippen molar-refractivity contribution in [1.82, 2.24) is 10.3 Å². The lowest BCUT2D eigenvalue weighted by Crippen LogP contribution is -2.27. The number of aromatic nitrogens is 1. The van der Waals surface area contributed by atoms with E-state index in [4.69, 9.17) is 16.3 Å². The summed E-state index contributed by atoms with van der Waals surface area (Å²) in [5, 5.41) is 5.93. The van der Waals surface area contributed by atoms with Gasteiger partial charge < -0.3 is 15.4 Å². The molecular weight excluding hydrogens is 330 g/mol. The molecule has 2 aromatic rings. The molecule has 0 atom stereocenters. The molecule has 1 heterocycles. The largest absolute Gasteiger partial charge is 0.495 e. The number of methoxy groups -OCH3 is 1. The van der Waals surface area contributed by atoms with Gasteiger partial charge in [-0.3, -0.25) is 9.59 Å². The van der Waals surface area contributed by atoms with Crippen molar-refractivity contribution < 1.29 is 14.3 Å². The molecule has 0 radical (unpaired) electrons. The third kappa shape index (κ3) is 3.83. The normalized spacial score (nSPS) is 13.2. The van der Waals surface area contributed by atoms with Gasteiger partial charge >= 0.3 is 0 Å². The second-order valence-corrected chi connectivity index (χ2v) is 5.87. The van der Waals surface area contributed by atoms with E-state index in [2.05, 4.69) is 15.6 Å². The quantitative estimate of drug-likeness (QED) is 0.873. The van der Waals surface area contributed by atoms with E-state index in [-0.39, 0.29) is 23.3 Å². The topological polar surface area (TPSA) is 80.3 Å². The predicted molar refractivity (Wildman–Crippen MR) is 90.7 cm³/mol. The lowest BCUT2D eigenvalue weighted by molar-refractivity contribution is 0.0946. The van der Waals surface area contributed by atoms with E-state index in [0.29, 0.717) is 16.5 Å². The monoisotopic (exact) mass is 345 g/mol. The van der Waals surface area contributed by atoms with Gasteiger partial charge in [0.2, 0.25) is 0 Å². The molecule has 6 nitrogen and oxygen atoms in total. The summed E-state index contributed by atoms with van der Waals surface area (Å²) in [4.78, 5) is 28.4. The SMILES string of the molecule is COc1ccc(NC(=O)c2cccc(C(=O)NC3CC3)n2)cc1Cl. The van der Waals surface area contributed by atoms with Crippen LogP contribution in [0.1, 0.15) is 33.8 Å². The number of rotatable bonds is 5. The summed E-state index contributed by atoms with van der Waals surface area (Å²) in [6, 6.07) is 9.91. The van der Waals surface area contributed by atoms with Crippen LogP contribution in [-0.4, -0.2) is 29.9 Å². The molecule has 24 heavy (non-hydrogen) atoms. The zero-order valence-corrected chi connectivity index (χ0v) is 13.8. The van der Waals surface area contributed by atoms with E-state index >= 15 is 0 Å². The number of anilines is 1. The maximum atomic E-state index is 12.3. The van der Waals surface area contributed by atoms with Crippen LogP contribution in [0, 0.1) is 0 Å². The molecule has 1 saturated carbocycles. The third-order valence-electron chi connectivity index (χ3n) is 3.54. The number of carbonyl (C=O) groups is 2. The van der Waals surface area contributed by atoms with Crippen LogP contribution in [0.2, 0.25) is 5.02 Å². The molecule has 1 aliphatic rings. The first-order chi connectivity index (χ1) is 11.6. The van der Waals surface area contributed by atoms with Crippen LogP contribution in [0.5, 0.6) is 5.75 Å². The van der Waals surface area contributed by atoms with Crippen molar-refractivity contribution in [2.45, 2.75) is 18.9 Å². The summed E-state index contributed by atoms with van der Waals surface area (Å²) < 4.78 is 5.07. The van der Waals surface area contributed by atoms with Crippen LogP contribution in [0.15, 0.2) is 36.4 Å². The molecule has 1 aliphatic carbocycles. The fraction of sp³-hybridized carbons (Fsp3) is 0.235. The Hall–Kier alpha value is -2.60. The minimum Gasteiger partial charge on any atom is -0.495 e. The summed E-state index contributed by atoms with van der Waals surface area (Å²) in [7, 11) is 1.52. The van der Waals surface area contributed by atoms with Crippen molar-refractivity contribution in [2.75, 3.05) is 12.4 Å². The van der Waals surface area contributed by atoms with Crippen LogP contribution in [0.3, 0.4) is 0 Å². The first-order valence-electron chi connectivity index (χ1n) is 7.49. The molecule has 1 aromatic heterocycles. The van der Waals surface area contributed by atoms with Crippen molar-refractivity contribution in [3.05, 3.63) is 52.8 Å². The van der Waals surface area contributed by atoms with E-state index in [1.807, 2.05) is 0 Å². The number of halogens is 1. The number of pyridine rings is 1. The summed E-state index contributed by atoms with van der Waals surface area (Å²) in [5.41, 5.74) is 0.896. The number of carbonyl (C=O) groups excluding carboxylic acids is 2. The van der Waals surface area contributed by atoms with Crippen molar-refractivity contribution in [2.24, 2.45) is 0 Å². The van der Waals surface area contributed by atoms with Crippen LogP contribution in [0.25, 0.3) is 0 Å². The van der Waals surface area contributed by atoms with Gasteiger partial charge in [-0.2, -0.15) is 0 Å². The van der Waals surface area contributed by atoms with Gasteiger partial charge in [-0.1, -0.05) is 17.7 Å². The van der Waals surface area contributed by atoms with E-state index in [0.717, 1.165) is 12.8 Å². The van der Waals surface area contributed by atoms with E-state index < -0.39 is 5.91 Å². The average Bonchev–Trinajstić information content (AvgIpc) is 3.39. The van der Waals surface area contributed by atoms with Gasteiger partial charge in [0.25, 0.3) is 11.8 Å². The highest BCUT2D eigenvalue weighted by molar-refractivity contribution is 6.32. The zero-order chi connectivity index (χ0) is 17.1. The molecule has 0 unspecified atom stereocenters. The number of benzene rings is 1. The van der Waals surface area contributed by atoms with Gasteiger partial charge in [-0.15, -0.1) is 0 Å². The van der Waals surface area contributed by atoms with Crippen molar-refractivity contribution in [1.29, 1.82) is 0 Å². The average molecular weight is 346 g/mol. The lowest BCUT2D eigenvalue weighted by atomic mass is 10.2. The van der Waals surface area contributed by atoms with Gasteiger partial charge in [0.05, 0.1) is 12.1 Å². The van der Waals surface area contributed by atoms with Gasteiger partial charge in [0.15, 0.2) is 0 Å². The Balaban J connectivity index is 1.72.